The number of benzene rings is 2. The van der Waals surface area contributed by atoms with Gasteiger partial charge in [0.15, 0.2) is 11.6 Å². The number of carbonyl (C=O) groups is 1. The van der Waals surface area contributed by atoms with Crippen molar-refractivity contribution in [3.8, 4) is 16.9 Å². The van der Waals surface area contributed by atoms with Crippen molar-refractivity contribution in [2.45, 2.75) is 13.3 Å². The molecule has 0 N–H and O–H groups in total. The van der Waals surface area contributed by atoms with E-state index in [2.05, 4.69) is 0 Å². The zero-order chi connectivity index (χ0) is 15.4. The molecule has 5 heteroatoms. The van der Waals surface area contributed by atoms with Crippen LogP contribution >= 0.6 is 11.6 Å². The van der Waals surface area contributed by atoms with Crippen LogP contribution in [0, 0.1) is 11.6 Å². The zero-order valence-corrected chi connectivity index (χ0v) is 12.1. The Morgan fingerprint density at radius 1 is 1.14 bits per heavy atom. The van der Waals surface area contributed by atoms with E-state index < -0.39 is 17.6 Å². The van der Waals surface area contributed by atoms with Crippen LogP contribution in [-0.2, 0) is 11.2 Å². The highest BCUT2D eigenvalue weighted by molar-refractivity contribution is 6.26. The number of rotatable bonds is 4. The molecule has 2 aromatic carbocycles. The molecule has 0 fully saturated rings. The third-order valence-corrected chi connectivity index (χ3v) is 3.24. The van der Waals surface area contributed by atoms with Crippen LogP contribution in [0.2, 0.25) is 0 Å². The number of carbonyl (C=O) groups excluding carboxylic acids is 1. The van der Waals surface area contributed by atoms with Crippen molar-refractivity contribution in [3.05, 3.63) is 53.6 Å². The van der Waals surface area contributed by atoms with Crippen LogP contribution in [0.25, 0.3) is 11.1 Å². The Hall–Kier alpha value is -1.94. The summed E-state index contributed by atoms with van der Waals surface area (Å²) in [7, 11) is 0. The lowest BCUT2D eigenvalue weighted by Crippen LogP contribution is -2.10. The average Bonchev–Trinajstić information content (AvgIpc) is 2.49. The molecule has 110 valence electrons. The van der Waals surface area contributed by atoms with Crippen LogP contribution in [-0.4, -0.2) is 11.8 Å². The Bertz CT molecular complexity index is 671. The van der Waals surface area contributed by atoms with E-state index in [0.717, 1.165) is 18.1 Å². The maximum atomic E-state index is 14.0. The first-order valence-corrected chi connectivity index (χ1v) is 6.93. The molecule has 0 spiro atoms. The van der Waals surface area contributed by atoms with E-state index in [9.17, 15) is 13.6 Å². The number of alkyl halides is 1. The summed E-state index contributed by atoms with van der Waals surface area (Å²) in [5.74, 6) is -2.50. The molecule has 0 heterocycles. The van der Waals surface area contributed by atoms with Crippen molar-refractivity contribution >= 4 is 17.6 Å². The van der Waals surface area contributed by atoms with Gasteiger partial charge in [-0.05, 0) is 35.7 Å². The predicted molar refractivity (Wildman–Crippen MR) is 77.5 cm³/mol. The molecule has 2 nitrogen and oxygen atoms in total. The van der Waals surface area contributed by atoms with Crippen molar-refractivity contribution in [2.75, 3.05) is 5.88 Å². The van der Waals surface area contributed by atoms with Gasteiger partial charge in [0, 0.05) is 5.56 Å². The summed E-state index contributed by atoms with van der Waals surface area (Å²) < 4.78 is 32.6. The highest BCUT2D eigenvalue weighted by Gasteiger charge is 2.12. The van der Waals surface area contributed by atoms with E-state index in [4.69, 9.17) is 16.3 Å². The third kappa shape index (κ3) is 3.58. The molecule has 0 amide bonds. The van der Waals surface area contributed by atoms with E-state index in [-0.39, 0.29) is 11.6 Å². The number of hydrogen-bond acceptors (Lipinski definition) is 2. The molecule has 0 atom stereocenters. The van der Waals surface area contributed by atoms with E-state index in [0.29, 0.717) is 11.1 Å². The van der Waals surface area contributed by atoms with Gasteiger partial charge in [-0.15, -0.1) is 11.6 Å². The largest absolute Gasteiger partial charge is 0.423 e. The Balaban J connectivity index is 2.33. The summed E-state index contributed by atoms with van der Waals surface area (Å²) in [5.41, 5.74) is 1.53. The number of ether oxygens (including phenoxy) is 1. The summed E-state index contributed by atoms with van der Waals surface area (Å²) in [6.07, 6.45) is 0.721. The lowest BCUT2D eigenvalue weighted by Gasteiger charge is -2.08. The first-order valence-electron chi connectivity index (χ1n) is 6.40. The minimum Gasteiger partial charge on any atom is -0.423 e. The van der Waals surface area contributed by atoms with Crippen LogP contribution in [0.1, 0.15) is 12.5 Å². The minimum atomic E-state index is -0.748. The van der Waals surface area contributed by atoms with Gasteiger partial charge in [-0.3, -0.25) is 4.79 Å². The summed E-state index contributed by atoms with van der Waals surface area (Å²) in [6, 6.07) is 8.72. The first kappa shape index (κ1) is 15.4. The summed E-state index contributed by atoms with van der Waals surface area (Å²) in [6.45, 7) is 1.92. The standard InChI is InChI=1S/C16H13ClF2O2/c1-2-10-3-5-12(13(18)7-10)11-4-6-15(14(19)8-11)21-16(20)9-17/h3-8H,2,9H2,1H3. The second-order valence-corrected chi connectivity index (χ2v) is 4.69. The van der Waals surface area contributed by atoms with Gasteiger partial charge < -0.3 is 4.74 Å². The average molecular weight is 311 g/mol. The summed E-state index contributed by atoms with van der Waals surface area (Å²) in [5, 5.41) is 0. The Labute approximate surface area is 126 Å². The Morgan fingerprint density at radius 2 is 1.90 bits per heavy atom. The molecule has 0 aromatic heterocycles. The molecule has 0 saturated heterocycles. The van der Waals surface area contributed by atoms with Gasteiger partial charge in [-0.1, -0.05) is 25.1 Å². The molecule has 0 aliphatic carbocycles. The molecule has 0 radical (unpaired) electrons. The van der Waals surface area contributed by atoms with Gasteiger partial charge in [0.05, 0.1) is 0 Å². The fourth-order valence-electron chi connectivity index (χ4n) is 1.91. The van der Waals surface area contributed by atoms with Crippen LogP contribution in [0.4, 0.5) is 8.78 Å². The maximum Gasteiger partial charge on any atom is 0.326 e. The number of hydrogen-bond donors (Lipinski definition) is 0. The van der Waals surface area contributed by atoms with Gasteiger partial charge in [-0.2, -0.15) is 0 Å². The van der Waals surface area contributed by atoms with Crippen molar-refractivity contribution < 1.29 is 18.3 Å². The molecule has 0 bridgehead atoms. The summed E-state index contributed by atoms with van der Waals surface area (Å²) >= 11 is 5.28. The van der Waals surface area contributed by atoms with Gasteiger partial charge >= 0.3 is 5.97 Å². The minimum absolute atomic E-state index is 0.227. The smallest absolute Gasteiger partial charge is 0.326 e. The molecule has 0 unspecified atom stereocenters. The molecule has 0 aliphatic rings. The van der Waals surface area contributed by atoms with Crippen LogP contribution < -0.4 is 4.74 Å². The Kier molecular flexibility index (Phi) is 4.91. The lowest BCUT2D eigenvalue weighted by atomic mass is 10.0. The molecule has 21 heavy (non-hydrogen) atoms. The highest BCUT2D eigenvalue weighted by atomic mass is 35.5. The fraction of sp³-hybridized carbons (Fsp3) is 0.188. The number of halogens is 3. The number of esters is 1. The van der Waals surface area contributed by atoms with Crippen molar-refractivity contribution in [3.63, 3.8) is 0 Å². The van der Waals surface area contributed by atoms with Gasteiger partial charge in [0.25, 0.3) is 0 Å². The lowest BCUT2D eigenvalue weighted by molar-refractivity contribution is -0.131. The normalized spacial score (nSPS) is 10.5. The van der Waals surface area contributed by atoms with Crippen molar-refractivity contribution in [2.24, 2.45) is 0 Å². The topological polar surface area (TPSA) is 26.3 Å². The maximum absolute atomic E-state index is 14.0. The van der Waals surface area contributed by atoms with Crippen LogP contribution in [0.3, 0.4) is 0 Å². The molecule has 0 aliphatic heterocycles. The zero-order valence-electron chi connectivity index (χ0n) is 11.3. The predicted octanol–water partition coefficient (Wildman–Crippen LogP) is 4.34. The SMILES string of the molecule is CCc1ccc(-c2ccc(OC(=O)CCl)c(F)c2)c(F)c1. The van der Waals surface area contributed by atoms with E-state index in [1.165, 1.54) is 18.2 Å². The molecule has 0 saturated carbocycles. The van der Waals surface area contributed by atoms with Crippen LogP contribution in [0.15, 0.2) is 36.4 Å². The highest BCUT2D eigenvalue weighted by Crippen LogP contribution is 2.28. The van der Waals surface area contributed by atoms with Crippen molar-refractivity contribution in [1.82, 2.24) is 0 Å². The number of aryl methyl sites for hydroxylation is 1. The summed E-state index contributed by atoms with van der Waals surface area (Å²) in [4.78, 5) is 11.0. The molecule has 2 aromatic rings. The quantitative estimate of drug-likeness (QED) is 0.477. The van der Waals surface area contributed by atoms with E-state index in [1.54, 1.807) is 12.1 Å². The van der Waals surface area contributed by atoms with Gasteiger partial charge in [0.2, 0.25) is 0 Å². The van der Waals surface area contributed by atoms with Gasteiger partial charge in [0.1, 0.15) is 11.7 Å². The second-order valence-electron chi connectivity index (χ2n) is 4.42. The Morgan fingerprint density at radius 3 is 2.48 bits per heavy atom. The monoisotopic (exact) mass is 310 g/mol. The second kappa shape index (κ2) is 6.68. The third-order valence-electron chi connectivity index (χ3n) is 3.02. The van der Waals surface area contributed by atoms with Crippen LogP contribution in [0.5, 0.6) is 5.75 Å². The van der Waals surface area contributed by atoms with Crippen molar-refractivity contribution in [1.29, 1.82) is 0 Å². The van der Waals surface area contributed by atoms with Gasteiger partial charge in [-0.25, -0.2) is 8.78 Å². The molecular formula is C16H13ClF2O2. The van der Waals surface area contributed by atoms with E-state index in [1.807, 2.05) is 6.92 Å². The molecule has 2 rings (SSSR count). The first-order chi connectivity index (χ1) is 10.0. The fourth-order valence-corrected chi connectivity index (χ4v) is 1.97. The van der Waals surface area contributed by atoms with E-state index >= 15 is 0 Å². The molecular weight excluding hydrogens is 298 g/mol.